The number of carbonyl (C=O) groups excluding carboxylic acids is 1. The maximum Gasteiger partial charge on any atom is 0.339 e. The number of benzene rings is 2. The molecule has 0 saturated carbocycles. The molecule has 0 unspecified atom stereocenters. The molecule has 0 bridgehead atoms. The fourth-order valence-corrected chi connectivity index (χ4v) is 3.40. The fourth-order valence-electron chi connectivity index (χ4n) is 3.40. The van der Waals surface area contributed by atoms with Crippen molar-refractivity contribution in [2.75, 3.05) is 12.4 Å². The second-order valence-electron chi connectivity index (χ2n) is 7.08. The molecule has 4 rings (SSSR count). The van der Waals surface area contributed by atoms with Gasteiger partial charge in [-0.15, -0.1) is 0 Å². The second-order valence-corrected chi connectivity index (χ2v) is 7.08. The number of fused-ring (bicyclic) bond motifs is 1. The van der Waals surface area contributed by atoms with Crippen molar-refractivity contribution in [1.29, 1.82) is 0 Å². The van der Waals surface area contributed by atoms with E-state index in [1.54, 1.807) is 12.1 Å². The number of ether oxygens (including phenoxy) is 1. The highest BCUT2D eigenvalue weighted by molar-refractivity contribution is 5.97. The van der Waals surface area contributed by atoms with Gasteiger partial charge in [-0.2, -0.15) is 5.10 Å². The number of hydrogen-bond donors (Lipinski definition) is 2. The van der Waals surface area contributed by atoms with Crippen LogP contribution in [0.5, 0.6) is 0 Å². The van der Waals surface area contributed by atoms with Crippen LogP contribution in [-0.2, 0) is 4.74 Å². The van der Waals surface area contributed by atoms with Gasteiger partial charge >= 0.3 is 5.97 Å². The van der Waals surface area contributed by atoms with E-state index in [4.69, 9.17) is 4.74 Å². The van der Waals surface area contributed by atoms with E-state index in [2.05, 4.69) is 27.4 Å². The normalized spacial score (nSPS) is 11.2. The van der Waals surface area contributed by atoms with Gasteiger partial charge in [-0.3, -0.25) is 10.1 Å². The molecule has 0 aliphatic heterocycles. The van der Waals surface area contributed by atoms with Gasteiger partial charge in [0.1, 0.15) is 0 Å². The summed E-state index contributed by atoms with van der Waals surface area (Å²) in [6.45, 7) is 4.05. The lowest BCUT2D eigenvalue weighted by molar-refractivity contribution is 0.0602. The van der Waals surface area contributed by atoms with Gasteiger partial charge in [-0.25, -0.2) is 4.79 Å². The van der Waals surface area contributed by atoms with E-state index in [0.29, 0.717) is 11.3 Å². The summed E-state index contributed by atoms with van der Waals surface area (Å²) in [5.74, 6) is -0.381. The molecule has 150 valence electrons. The van der Waals surface area contributed by atoms with Gasteiger partial charge in [0.15, 0.2) is 0 Å². The van der Waals surface area contributed by atoms with Gasteiger partial charge in [0.25, 0.3) is 0 Å². The molecule has 0 spiro atoms. The fraction of sp³-hybridized carbons (Fsp3) is 0.125. The van der Waals surface area contributed by atoms with Crippen LogP contribution in [-0.4, -0.2) is 28.3 Å². The summed E-state index contributed by atoms with van der Waals surface area (Å²) >= 11 is 0. The zero-order valence-corrected chi connectivity index (χ0v) is 17.1. The topological polar surface area (TPSA) is 79.9 Å². The van der Waals surface area contributed by atoms with E-state index in [1.165, 1.54) is 12.7 Å². The minimum atomic E-state index is -0.381. The maximum absolute atomic E-state index is 12.0. The predicted octanol–water partition coefficient (Wildman–Crippen LogP) is 5.28. The molecule has 2 N–H and O–H groups in total. The standard InChI is InChI=1S/C24H22N4O2/c1-15-12-16(2)25-17(13-15)9-11-22-19-10-8-18(14-23(19)28-27-22)26-21-7-5-4-6-20(21)24(29)30-3/h4-14,26H,1-3H3,(H,27,28)/b11-9+. The molecule has 4 aromatic rings. The molecule has 0 fully saturated rings. The van der Waals surface area contributed by atoms with Gasteiger partial charge in [0.2, 0.25) is 0 Å². The number of carbonyl (C=O) groups is 1. The third-order valence-corrected chi connectivity index (χ3v) is 4.73. The van der Waals surface area contributed by atoms with Crippen molar-refractivity contribution >= 4 is 40.4 Å². The number of nitrogens with one attached hydrogen (secondary N) is 2. The molecular weight excluding hydrogens is 376 g/mol. The number of rotatable bonds is 5. The van der Waals surface area contributed by atoms with Crippen LogP contribution >= 0.6 is 0 Å². The van der Waals surface area contributed by atoms with Gasteiger partial charge < -0.3 is 10.1 Å². The molecular formula is C24H22N4O2. The Bertz CT molecular complexity index is 1240. The molecule has 2 heterocycles. The number of anilines is 2. The van der Waals surface area contributed by atoms with E-state index in [0.717, 1.165) is 33.7 Å². The first-order chi connectivity index (χ1) is 14.5. The molecule has 0 amide bonds. The smallest absolute Gasteiger partial charge is 0.339 e. The third kappa shape index (κ3) is 4.07. The number of esters is 1. The Morgan fingerprint density at radius 1 is 1.07 bits per heavy atom. The van der Waals surface area contributed by atoms with Crippen LogP contribution in [0.25, 0.3) is 23.1 Å². The van der Waals surface area contributed by atoms with Crippen LogP contribution in [0.3, 0.4) is 0 Å². The van der Waals surface area contributed by atoms with E-state index in [9.17, 15) is 4.79 Å². The van der Waals surface area contributed by atoms with Gasteiger partial charge in [0.05, 0.1) is 35.3 Å². The summed E-state index contributed by atoms with van der Waals surface area (Å²) in [6, 6.07) is 17.2. The summed E-state index contributed by atoms with van der Waals surface area (Å²) in [5, 5.41) is 11.8. The van der Waals surface area contributed by atoms with Crippen LogP contribution < -0.4 is 5.32 Å². The first-order valence-corrected chi connectivity index (χ1v) is 9.59. The maximum atomic E-state index is 12.0. The first kappa shape index (κ1) is 19.4. The Hall–Kier alpha value is -3.93. The average Bonchev–Trinajstić information content (AvgIpc) is 3.13. The number of pyridine rings is 1. The van der Waals surface area contributed by atoms with Gasteiger partial charge in [-0.1, -0.05) is 12.1 Å². The SMILES string of the molecule is COC(=O)c1ccccc1Nc1ccc2c(/C=C/c3cc(C)cc(C)n3)n[nH]c2c1. The minimum Gasteiger partial charge on any atom is -0.465 e. The summed E-state index contributed by atoms with van der Waals surface area (Å²) in [6.07, 6.45) is 3.92. The highest BCUT2D eigenvalue weighted by Crippen LogP contribution is 2.26. The Morgan fingerprint density at radius 2 is 1.90 bits per heavy atom. The number of H-pyrrole nitrogens is 1. The minimum absolute atomic E-state index is 0.381. The molecule has 2 aromatic heterocycles. The Labute approximate surface area is 174 Å². The van der Waals surface area contributed by atoms with Crippen molar-refractivity contribution in [2.45, 2.75) is 13.8 Å². The van der Waals surface area contributed by atoms with E-state index >= 15 is 0 Å². The average molecular weight is 398 g/mol. The Kier molecular flexibility index (Phi) is 5.30. The summed E-state index contributed by atoms with van der Waals surface area (Å²) in [5.41, 5.74) is 6.81. The summed E-state index contributed by atoms with van der Waals surface area (Å²) in [4.78, 5) is 16.5. The number of aromatic amines is 1. The number of aryl methyl sites for hydroxylation is 2. The zero-order chi connectivity index (χ0) is 21.1. The lowest BCUT2D eigenvalue weighted by atomic mass is 10.1. The third-order valence-electron chi connectivity index (χ3n) is 4.73. The molecule has 0 aliphatic carbocycles. The quantitative estimate of drug-likeness (QED) is 0.447. The first-order valence-electron chi connectivity index (χ1n) is 9.59. The molecule has 6 nitrogen and oxygen atoms in total. The molecule has 2 aromatic carbocycles. The molecule has 0 radical (unpaired) electrons. The molecule has 0 aliphatic rings. The Balaban J connectivity index is 1.60. The van der Waals surface area contributed by atoms with E-state index < -0.39 is 0 Å². The predicted molar refractivity (Wildman–Crippen MR) is 120 cm³/mol. The van der Waals surface area contributed by atoms with Crippen LogP contribution in [0, 0.1) is 13.8 Å². The molecule has 0 atom stereocenters. The molecule has 6 heteroatoms. The number of para-hydroxylation sites is 1. The molecule has 30 heavy (non-hydrogen) atoms. The van der Waals surface area contributed by atoms with Crippen LogP contribution in [0.2, 0.25) is 0 Å². The number of methoxy groups -OCH3 is 1. The molecule has 0 saturated heterocycles. The van der Waals surface area contributed by atoms with Crippen molar-refractivity contribution in [3.63, 3.8) is 0 Å². The van der Waals surface area contributed by atoms with Crippen LogP contribution in [0.4, 0.5) is 11.4 Å². The lowest BCUT2D eigenvalue weighted by Crippen LogP contribution is -2.05. The van der Waals surface area contributed by atoms with Crippen molar-refractivity contribution in [2.24, 2.45) is 0 Å². The number of aromatic nitrogens is 3. The summed E-state index contributed by atoms with van der Waals surface area (Å²) < 4.78 is 4.86. The van der Waals surface area contributed by atoms with E-state index in [1.807, 2.05) is 61.5 Å². The van der Waals surface area contributed by atoms with Gasteiger partial charge in [-0.05, 0) is 74.0 Å². The van der Waals surface area contributed by atoms with Crippen molar-refractivity contribution in [1.82, 2.24) is 15.2 Å². The monoisotopic (exact) mass is 398 g/mol. The summed E-state index contributed by atoms with van der Waals surface area (Å²) in [7, 11) is 1.37. The highest BCUT2D eigenvalue weighted by atomic mass is 16.5. The van der Waals surface area contributed by atoms with Gasteiger partial charge in [0, 0.05) is 16.8 Å². The number of hydrogen-bond acceptors (Lipinski definition) is 5. The largest absolute Gasteiger partial charge is 0.465 e. The second kappa shape index (κ2) is 8.21. The number of nitrogens with zero attached hydrogens (tertiary/aromatic N) is 2. The highest BCUT2D eigenvalue weighted by Gasteiger charge is 2.12. The van der Waals surface area contributed by atoms with Crippen molar-refractivity contribution < 1.29 is 9.53 Å². The lowest BCUT2D eigenvalue weighted by Gasteiger charge is -2.10. The Morgan fingerprint density at radius 3 is 2.70 bits per heavy atom. The van der Waals surface area contributed by atoms with E-state index in [-0.39, 0.29) is 5.97 Å². The van der Waals surface area contributed by atoms with Crippen LogP contribution in [0.1, 0.15) is 33.0 Å². The van der Waals surface area contributed by atoms with Crippen molar-refractivity contribution in [3.05, 3.63) is 82.8 Å². The van der Waals surface area contributed by atoms with Crippen molar-refractivity contribution in [3.8, 4) is 0 Å². The van der Waals surface area contributed by atoms with Crippen LogP contribution in [0.15, 0.2) is 54.6 Å². The zero-order valence-electron chi connectivity index (χ0n) is 17.1.